The standard InChI is InChI=1S/2Mn.H2O10S3/c;;1-11(2,3)9-13(7,8)10-12(4,5)6/h;;(H,1,2,3)(H,4,5,6). The topological polar surface area (TPSA) is 161 Å². The van der Waals surface area contributed by atoms with Crippen LogP contribution in [0.25, 0.3) is 0 Å². The van der Waals surface area contributed by atoms with Crippen molar-refractivity contribution in [2.24, 2.45) is 0 Å². The van der Waals surface area contributed by atoms with Crippen molar-refractivity contribution in [3.05, 3.63) is 0 Å². The molecule has 0 aliphatic carbocycles. The molecule has 10 nitrogen and oxygen atoms in total. The van der Waals surface area contributed by atoms with E-state index in [9.17, 15) is 25.3 Å². The Hall–Kier alpha value is 0.729. The van der Waals surface area contributed by atoms with Crippen LogP contribution in [-0.2, 0) is 72.6 Å². The van der Waals surface area contributed by atoms with Crippen LogP contribution >= 0.6 is 0 Å². The van der Waals surface area contributed by atoms with Crippen LogP contribution in [0, 0.1) is 0 Å². The first-order chi connectivity index (χ1) is 5.41. The van der Waals surface area contributed by atoms with Crippen molar-refractivity contribution in [3.63, 3.8) is 0 Å². The van der Waals surface area contributed by atoms with Gasteiger partial charge in [-0.15, -0.1) is 0 Å². The molecule has 0 unspecified atom stereocenters. The summed E-state index contributed by atoms with van der Waals surface area (Å²) in [4.78, 5) is 0. The molecular formula is H2Mn2O10S3. The van der Waals surface area contributed by atoms with Gasteiger partial charge in [-0.3, -0.25) is 9.11 Å². The van der Waals surface area contributed by atoms with Crippen molar-refractivity contribution < 1.29 is 75.8 Å². The van der Waals surface area contributed by atoms with Crippen LogP contribution in [0.4, 0.5) is 0 Å². The molecule has 0 aromatic heterocycles. The zero-order valence-corrected chi connectivity index (χ0v) is 11.0. The molecule has 0 aromatic carbocycles. The summed E-state index contributed by atoms with van der Waals surface area (Å²) >= 11 is 0. The third-order valence-corrected chi connectivity index (χ3v) is 3.05. The molecule has 2 N–H and O–H groups in total. The minimum atomic E-state index is -5.57. The molecular weight excluding hydrogens is 366 g/mol. The van der Waals surface area contributed by atoms with Crippen molar-refractivity contribution in [2.75, 3.05) is 0 Å². The summed E-state index contributed by atoms with van der Waals surface area (Å²) < 4.78 is 80.2. The van der Waals surface area contributed by atoms with E-state index in [1.807, 2.05) is 0 Å². The zero-order valence-electron chi connectivity index (χ0n) is 6.14. The van der Waals surface area contributed by atoms with Crippen LogP contribution in [0.15, 0.2) is 0 Å². The van der Waals surface area contributed by atoms with Gasteiger partial charge in [-0.05, 0) is 0 Å². The minimum Gasteiger partial charge on any atom is -0.263 e. The smallest absolute Gasteiger partial charge is 0.263 e. The summed E-state index contributed by atoms with van der Waals surface area (Å²) in [7, 11) is -16.5. The Morgan fingerprint density at radius 2 is 0.867 bits per heavy atom. The second-order valence-corrected chi connectivity index (χ2v) is 5.02. The van der Waals surface area contributed by atoms with Crippen molar-refractivity contribution in [1.82, 2.24) is 0 Å². The van der Waals surface area contributed by atoms with Crippen molar-refractivity contribution >= 4 is 31.2 Å². The maximum atomic E-state index is 10.1. The molecule has 2 radical (unpaired) electrons. The minimum absolute atomic E-state index is 0. The van der Waals surface area contributed by atoms with Crippen molar-refractivity contribution in [3.8, 4) is 0 Å². The Balaban J connectivity index is -0.000000720. The quantitative estimate of drug-likeness (QED) is 0.414. The molecule has 0 amide bonds. The molecule has 0 aromatic rings. The molecule has 0 heterocycles. The van der Waals surface area contributed by atoms with Crippen LogP contribution in [0.5, 0.6) is 0 Å². The van der Waals surface area contributed by atoms with E-state index in [1.165, 1.54) is 0 Å². The second kappa shape index (κ2) is 6.46. The number of hydrogen-bond donors (Lipinski definition) is 2. The van der Waals surface area contributed by atoms with E-state index in [0.717, 1.165) is 0 Å². The van der Waals surface area contributed by atoms with Gasteiger partial charge in [0.05, 0.1) is 0 Å². The Labute approximate surface area is 107 Å². The van der Waals surface area contributed by atoms with E-state index in [1.54, 1.807) is 0 Å². The van der Waals surface area contributed by atoms with Crippen LogP contribution in [0.2, 0.25) is 0 Å². The summed E-state index contributed by atoms with van der Waals surface area (Å²) in [5, 5.41) is 0. The summed E-state index contributed by atoms with van der Waals surface area (Å²) in [5.41, 5.74) is 0. The Morgan fingerprint density at radius 3 is 1.00 bits per heavy atom. The molecule has 15 heteroatoms. The van der Waals surface area contributed by atoms with Gasteiger partial charge in [0.15, 0.2) is 0 Å². The maximum Gasteiger partial charge on any atom is 0.432 e. The Bertz CT molecular complexity index is 423. The van der Waals surface area contributed by atoms with E-state index in [0.29, 0.717) is 0 Å². The first-order valence-electron chi connectivity index (χ1n) is 2.03. The van der Waals surface area contributed by atoms with Gasteiger partial charge < -0.3 is 0 Å². The van der Waals surface area contributed by atoms with E-state index >= 15 is 0 Å². The fourth-order valence-corrected chi connectivity index (χ4v) is 2.20. The molecule has 0 saturated heterocycles. The molecule has 0 rings (SSSR count). The molecule has 0 aliphatic heterocycles. The summed E-state index contributed by atoms with van der Waals surface area (Å²) in [5.74, 6) is 0. The Kier molecular flexibility index (Phi) is 9.07. The van der Waals surface area contributed by atoms with E-state index in [4.69, 9.17) is 9.11 Å². The summed E-state index contributed by atoms with van der Waals surface area (Å²) in [6.07, 6.45) is 0. The molecule has 0 atom stereocenters. The van der Waals surface area contributed by atoms with Crippen molar-refractivity contribution in [2.45, 2.75) is 0 Å². The van der Waals surface area contributed by atoms with Crippen LogP contribution in [0.3, 0.4) is 0 Å². The predicted molar refractivity (Wildman–Crippen MR) is 34.2 cm³/mol. The summed E-state index contributed by atoms with van der Waals surface area (Å²) in [6.45, 7) is 0. The first kappa shape index (κ1) is 21.1. The second-order valence-electron chi connectivity index (χ2n) is 1.40. The van der Waals surface area contributed by atoms with Crippen LogP contribution < -0.4 is 0 Å². The average Bonchev–Trinajstić information content (AvgIpc) is 1.43. The molecule has 15 heavy (non-hydrogen) atoms. The molecule has 0 spiro atoms. The van der Waals surface area contributed by atoms with Gasteiger partial charge in [-0.1, -0.05) is 7.26 Å². The monoisotopic (exact) mass is 368 g/mol. The average molecular weight is 368 g/mol. The molecule has 94 valence electrons. The molecule has 0 fully saturated rings. The van der Waals surface area contributed by atoms with Gasteiger partial charge in [-0.25, -0.2) is 0 Å². The van der Waals surface area contributed by atoms with Gasteiger partial charge >= 0.3 is 31.2 Å². The van der Waals surface area contributed by atoms with Gasteiger partial charge in [0.25, 0.3) is 0 Å². The van der Waals surface area contributed by atoms with Gasteiger partial charge in [0.2, 0.25) is 0 Å². The van der Waals surface area contributed by atoms with Crippen LogP contribution in [-0.4, -0.2) is 34.4 Å². The van der Waals surface area contributed by atoms with Gasteiger partial charge in [0, 0.05) is 34.1 Å². The molecule has 0 bridgehead atoms. The van der Waals surface area contributed by atoms with E-state index < -0.39 is 31.2 Å². The summed E-state index contributed by atoms with van der Waals surface area (Å²) in [6, 6.07) is 0. The third-order valence-electron chi connectivity index (χ3n) is 0.339. The Morgan fingerprint density at radius 1 is 0.667 bits per heavy atom. The van der Waals surface area contributed by atoms with Gasteiger partial charge in [-0.2, -0.15) is 25.3 Å². The van der Waals surface area contributed by atoms with Crippen molar-refractivity contribution in [1.29, 1.82) is 0 Å². The SMILES string of the molecule is O=S(=O)(O)OS(=O)(=O)OS(=O)(=O)O.[Mn].[Mn]. The third kappa shape index (κ3) is 14.7. The number of hydrogen-bond acceptors (Lipinski definition) is 8. The predicted octanol–water partition coefficient (Wildman–Crippen LogP) is -2.13. The largest absolute Gasteiger partial charge is 0.432 e. The molecule has 0 saturated carbocycles. The number of rotatable bonds is 4. The van der Waals surface area contributed by atoms with E-state index in [2.05, 4.69) is 7.26 Å². The zero-order chi connectivity index (χ0) is 10.9. The fourth-order valence-electron chi connectivity index (χ4n) is 0.222. The first-order valence-corrected chi connectivity index (χ1v) is 6.10. The van der Waals surface area contributed by atoms with E-state index in [-0.39, 0.29) is 34.1 Å². The molecule has 0 aliphatic rings. The fraction of sp³-hybridized carbons (Fsp3) is 0. The normalized spacial score (nSPS) is 12.4. The maximum absolute atomic E-state index is 10.1. The van der Waals surface area contributed by atoms with Gasteiger partial charge in [0.1, 0.15) is 0 Å². The van der Waals surface area contributed by atoms with Crippen LogP contribution in [0.1, 0.15) is 0 Å².